The number of hydrogen-bond acceptors (Lipinski definition) is 5. The van der Waals surface area contributed by atoms with Crippen LogP contribution in [0, 0.1) is 13.8 Å². The van der Waals surface area contributed by atoms with Crippen molar-refractivity contribution in [1.82, 2.24) is 10.3 Å². The fourth-order valence-electron chi connectivity index (χ4n) is 3.36. The summed E-state index contributed by atoms with van der Waals surface area (Å²) in [5, 5.41) is 2.89. The highest BCUT2D eigenvalue weighted by molar-refractivity contribution is 7.92. The van der Waals surface area contributed by atoms with Crippen molar-refractivity contribution < 1.29 is 17.9 Å². The number of sulfonamides is 1. The number of methoxy groups -OCH3 is 1. The van der Waals surface area contributed by atoms with Crippen LogP contribution < -0.4 is 14.4 Å². The van der Waals surface area contributed by atoms with E-state index in [1.165, 1.54) is 4.31 Å². The van der Waals surface area contributed by atoms with E-state index < -0.39 is 10.0 Å². The van der Waals surface area contributed by atoms with Crippen LogP contribution in [0.2, 0.25) is 0 Å². The minimum Gasteiger partial charge on any atom is -0.497 e. The lowest BCUT2D eigenvalue weighted by atomic mass is 10.1. The number of nitrogens with zero attached hydrogens (tertiary/aromatic N) is 2. The summed E-state index contributed by atoms with van der Waals surface area (Å²) in [5.74, 6) is 0.353. The van der Waals surface area contributed by atoms with Crippen LogP contribution in [0.4, 0.5) is 5.69 Å². The molecule has 3 aromatic rings. The Kier molecular flexibility index (Phi) is 7.71. The second-order valence-electron chi connectivity index (χ2n) is 7.82. The first kappa shape index (κ1) is 24.3. The summed E-state index contributed by atoms with van der Waals surface area (Å²) in [6.45, 7) is 5.63. The molecule has 1 heterocycles. The fourth-order valence-corrected chi connectivity index (χ4v) is 4.91. The van der Waals surface area contributed by atoms with Crippen molar-refractivity contribution in [3.63, 3.8) is 0 Å². The van der Waals surface area contributed by atoms with Crippen molar-refractivity contribution >= 4 is 21.6 Å². The van der Waals surface area contributed by atoms with Gasteiger partial charge in [-0.2, -0.15) is 0 Å². The second-order valence-corrected chi connectivity index (χ2v) is 9.68. The van der Waals surface area contributed by atoms with Crippen molar-refractivity contribution in [2.75, 3.05) is 18.0 Å². The van der Waals surface area contributed by atoms with Crippen LogP contribution >= 0.6 is 0 Å². The summed E-state index contributed by atoms with van der Waals surface area (Å²) < 4.78 is 33.6. The topological polar surface area (TPSA) is 88.6 Å². The van der Waals surface area contributed by atoms with Crippen LogP contribution in [0.5, 0.6) is 5.75 Å². The minimum absolute atomic E-state index is 0.00667. The van der Waals surface area contributed by atoms with Gasteiger partial charge in [0.25, 0.3) is 10.0 Å². The average molecular weight is 468 g/mol. The third kappa shape index (κ3) is 5.90. The predicted molar refractivity (Wildman–Crippen MR) is 129 cm³/mol. The SMILES string of the molecule is COc1ccc(N(CCC(=O)NC(C)c2ccccn2)S(=O)(=O)c2ccc(C)c(C)c2)cc1. The Morgan fingerprint density at radius 1 is 1.06 bits per heavy atom. The molecule has 33 heavy (non-hydrogen) atoms. The smallest absolute Gasteiger partial charge is 0.264 e. The van der Waals surface area contributed by atoms with Crippen LogP contribution in [-0.2, 0) is 14.8 Å². The van der Waals surface area contributed by atoms with Gasteiger partial charge < -0.3 is 10.1 Å². The molecule has 174 valence electrons. The van der Waals surface area contributed by atoms with E-state index in [1.807, 2.05) is 39.0 Å². The Bertz CT molecular complexity index is 1200. The molecule has 0 saturated carbocycles. The number of pyridine rings is 1. The number of carbonyl (C=O) groups is 1. The highest BCUT2D eigenvalue weighted by Gasteiger charge is 2.26. The van der Waals surface area contributed by atoms with Gasteiger partial charge in [0.15, 0.2) is 0 Å². The molecule has 1 N–H and O–H groups in total. The number of ether oxygens (including phenoxy) is 1. The fraction of sp³-hybridized carbons (Fsp3) is 0.280. The van der Waals surface area contributed by atoms with Gasteiger partial charge in [-0.3, -0.25) is 14.1 Å². The summed E-state index contributed by atoms with van der Waals surface area (Å²) in [4.78, 5) is 17.1. The van der Waals surface area contributed by atoms with Crippen LogP contribution in [0.25, 0.3) is 0 Å². The molecule has 1 atom stereocenters. The Hall–Kier alpha value is -3.39. The highest BCUT2D eigenvalue weighted by Crippen LogP contribution is 2.27. The number of hydrogen-bond donors (Lipinski definition) is 1. The normalized spacial score (nSPS) is 12.1. The summed E-state index contributed by atoms with van der Waals surface area (Å²) in [6.07, 6.45) is 1.66. The monoisotopic (exact) mass is 467 g/mol. The zero-order valence-corrected chi connectivity index (χ0v) is 20.1. The van der Waals surface area contributed by atoms with Gasteiger partial charge in [-0.15, -0.1) is 0 Å². The first-order chi connectivity index (χ1) is 15.7. The van der Waals surface area contributed by atoms with Gasteiger partial charge in [0.1, 0.15) is 5.75 Å². The van der Waals surface area contributed by atoms with E-state index in [2.05, 4.69) is 10.3 Å². The number of aryl methyl sites for hydroxylation is 2. The molecule has 0 aliphatic heterocycles. The minimum atomic E-state index is -3.89. The lowest BCUT2D eigenvalue weighted by Gasteiger charge is -2.25. The number of rotatable bonds is 9. The summed E-state index contributed by atoms with van der Waals surface area (Å²) >= 11 is 0. The molecule has 0 aliphatic carbocycles. The molecule has 3 rings (SSSR count). The Labute approximate surface area is 195 Å². The number of nitrogens with one attached hydrogen (secondary N) is 1. The molecule has 1 unspecified atom stereocenters. The summed E-state index contributed by atoms with van der Waals surface area (Å²) in [6, 6.07) is 17.0. The zero-order chi connectivity index (χ0) is 24.0. The maximum atomic E-state index is 13.6. The molecule has 2 aromatic carbocycles. The number of amides is 1. The van der Waals surface area contributed by atoms with Crippen molar-refractivity contribution in [1.29, 1.82) is 0 Å². The highest BCUT2D eigenvalue weighted by atomic mass is 32.2. The van der Waals surface area contributed by atoms with E-state index in [1.54, 1.807) is 55.8 Å². The Balaban J connectivity index is 1.84. The number of aromatic nitrogens is 1. The average Bonchev–Trinajstić information content (AvgIpc) is 2.81. The molecule has 0 aliphatic rings. The standard InChI is InChI=1S/C25H29N3O4S/c1-18-8-13-23(17-19(18)2)33(30,31)28(21-9-11-22(32-4)12-10-21)16-14-25(29)27-20(3)24-7-5-6-15-26-24/h5-13,15,17,20H,14,16H2,1-4H3,(H,27,29). The van der Waals surface area contributed by atoms with E-state index in [0.29, 0.717) is 11.4 Å². The molecular weight excluding hydrogens is 438 g/mol. The van der Waals surface area contributed by atoms with Gasteiger partial charge in [0.05, 0.1) is 29.4 Å². The van der Waals surface area contributed by atoms with E-state index >= 15 is 0 Å². The Morgan fingerprint density at radius 2 is 1.79 bits per heavy atom. The molecule has 8 heteroatoms. The van der Waals surface area contributed by atoms with Crippen molar-refractivity contribution in [2.45, 2.75) is 38.1 Å². The van der Waals surface area contributed by atoms with Crippen molar-refractivity contribution in [2.24, 2.45) is 0 Å². The predicted octanol–water partition coefficient (Wildman–Crippen LogP) is 4.17. The molecule has 0 spiro atoms. The summed E-state index contributed by atoms with van der Waals surface area (Å²) in [7, 11) is -2.34. The lowest BCUT2D eigenvalue weighted by Crippen LogP contribution is -2.36. The third-order valence-corrected chi connectivity index (χ3v) is 7.30. The quantitative estimate of drug-likeness (QED) is 0.510. The van der Waals surface area contributed by atoms with Gasteiger partial charge in [0.2, 0.25) is 5.91 Å². The number of benzene rings is 2. The van der Waals surface area contributed by atoms with Gasteiger partial charge in [-0.25, -0.2) is 8.42 Å². The molecule has 0 bridgehead atoms. The van der Waals surface area contributed by atoms with E-state index in [9.17, 15) is 13.2 Å². The Morgan fingerprint density at radius 3 is 2.39 bits per heavy atom. The van der Waals surface area contributed by atoms with Crippen molar-refractivity contribution in [3.8, 4) is 5.75 Å². The maximum Gasteiger partial charge on any atom is 0.264 e. The van der Waals surface area contributed by atoms with Gasteiger partial charge in [-0.1, -0.05) is 12.1 Å². The number of anilines is 1. The lowest BCUT2D eigenvalue weighted by molar-refractivity contribution is -0.121. The van der Waals surface area contributed by atoms with Gasteiger partial charge in [0, 0.05) is 19.2 Å². The van der Waals surface area contributed by atoms with Crippen molar-refractivity contribution in [3.05, 3.63) is 83.7 Å². The largest absolute Gasteiger partial charge is 0.497 e. The molecule has 0 saturated heterocycles. The molecule has 1 aromatic heterocycles. The first-order valence-corrected chi connectivity index (χ1v) is 12.1. The first-order valence-electron chi connectivity index (χ1n) is 10.7. The molecule has 0 fully saturated rings. The molecule has 7 nitrogen and oxygen atoms in total. The second kappa shape index (κ2) is 10.5. The van der Waals surface area contributed by atoms with Gasteiger partial charge >= 0.3 is 0 Å². The van der Waals surface area contributed by atoms with Crippen LogP contribution in [0.1, 0.15) is 36.2 Å². The molecule has 0 radical (unpaired) electrons. The zero-order valence-electron chi connectivity index (χ0n) is 19.3. The molecule has 1 amide bonds. The summed E-state index contributed by atoms with van der Waals surface area (Å²) in [5.41, 5.74) is 3.08. The van der Waals surface area contributed by atoms with Crippen LogP contribution in [0.15, 0.2) is 71.8 Å². The van der Waals surface area contributed by atoms with Crippen LogP contribution in [-0.4, -0.2) is 33.0 Å². The van der Waals surface area contributed by atoms with E-state index in [4.69, 9.17) is 4.74 Å². The third-order valence-electron chi connectivity index (χ3n) is 5.48. The van der Waals surface area contributed by atoms with E-state index in [-0.39, 0.29) is 29.8 Å². The molecular formula is C25H29N3O4S. The maximum absolute atomic E-state index is 13.6. The van der Waals surface area contributed by atoms with Crippen LogP contribution in [0.3, 0.4) is 0 Å². The van der Waals surface area contributed by atoms with E-state index in [0.717, 1.165) is 16.8 Å². The van der Waals surface area contributed by atoms with Gasteiger partial charge in [-0.05, 0) is 80.4 Å². The number of carbonyl (C=O) groups excluding carboxylic acids is 1.